The van der Waals surface area contributed by atoms with Crippen molar-refractivity contribution in [1.29, 1.82) is 0 Å². The Morgan fingerprint density at radius 3 is 2.64 bits per heavy atom. The lowest BCUT2D eigenvalue weighted by atomic mass is 10.1. The second kappa shape index (κ2) is 7.56. The molecular formula is C16H16ClFN2O2. The number of hydrogen-bond acceptors (Lipinski definition) is 4. The zero-order chi connectivity index (χ0) is 16.9. The molecule has 0 unspecified atom stereocenters. The van der Waals surface area contributed by atoms with Gasteiger partial charge in [0.15, 0.2) is 0 Å². The van der Waals surface area contributed by atoms with Gasteiger partial charge in [0.05, 0.1) is 12.7 Å². The summed E-state index contributed by atoms with van der Waals surface area (Å²) >= 11 is 5.70. The number of hydrogen-bond donors (Lipinski definition) is 1. The highest BCUT2D eigenvalue weighted by molar-refractivity contribution is 6.30. The molecule has 0 amide bonds. The van der Waals surface area contributed by atoms with E-state index < -0.39 is 11.8 Å². The Morgan fingerprint density at radius 2 is 2.14 bits per heavy atom. The molecule has 4 nitrogen and oxygen atoms in total. The number of aliphatic imine (C=N–C) groups is 1. The van der Waals surface area contributed by atoms with Crippen LogP contribution in [0.2, 0.25) is 5.02 Å². The standard InChI is InChI=1S/C16H16ClFN2O2/c1-5-12(9(2)16(21)22-4)15(19)20-10(3)13-7-6-11(17)8-14(13)18/h5-8H,1-2,19H2,3-4H3/b15-12-,20-10+. The molecule has 0 aliphatic rings. The van der Waals surface area contributed by atoms with Crippen molar-refractivity contribution in [1.82, 2.24) is 0 Å². The van der Waals surface area contributed by atoms with E-state index in [1.807, 2.05) is 0 Å². The van der Waals surface area contributed by atoms with Gasteiger partial charge in [-0.2, -0.15) is 0 Å². The largest absolute Gasteiger partial charge is 0.465 e. The van der Waals surface area contributed by atoms with Crippen molar-refractivity contribution in [2.75, 3.05) is 7.11 Å². The summed E-state index contributed by atoms with van der Waals surface area (Å²) in [6.45, 7) is 8.73. The number of benzene rings is 1. The van der Waals surface area contributed by atoms with Gasteiger partial charge in [0.25, 0.3) is 0 Å². The van der Waals surface area contributed by atoms with Gasteiger partial charge in [-0.25, -0.2) is 14.2 Å². The number of rotatable bonds is 5. The average molecular weight is 323 g/mol. The highest BCUT2D eigenvalue weighted by atomic mass is 35.5. The Hall–Kier alpha value is -2.40. The maximum absolute atomic E-state index is 13.8. The van der Waals surface area contributed by atoms with Gasteiger partial charge in [0.2, 0.25) is 0 Å². The molecule has 0 atom stereocenters. The maximum Gasteiger partial charge on any atom is 0.337 e. The first-order chi connectivity index (χ1) is 10.3. The number of halogens is 2. The first-order valence-corrected chi connectivity index (χ1v) is 6.60. The van der Waals surface area contributed by atoms with Crippen LogP contribution in [0, 0.1) is 5.82 Å². The minimum atomic E-state index is -0.650. The normalized spacial score (nSPS) is 12.5. The van der Waals surface area contributed by atoms with Crippen molar-refractivity contribution in [3.63, 3.8) is 0 Å². The molecule has 1 rings (SSSR count). The lowest BCUT2D eigenvalue weighted by Crippen LogP contribution is -2.11. The molecule has 0 aliphatic heterocycles. The first-order valence-electron chi connectivity index (χ1n) is 6.22. The Kier molecular flexibility index (Phi) is 6.07. The summed E-state index contributed by atoms with van der Waals surface area (Å²) in [5.74, 6) is -1.19. The molecule has 1 aromatic rings. The number of nitrogens with two attached hydrogens (primary N) is 1. The van der Waals surface area contributed by atoms with Crippen LogP contribution in [0.5, 0.6) is 0 Å². The molecule has 0 heterocycles. The van der Waals surface area contributed by atoms with Gasteiger partial charge in [-0.1, -0.05) is 30.8 Å². The summed E-state index contributed by atoms with van der Waals surface area (Å²) in [4.78, 5) is 15.6. The van der Waals surface area contributed by atoms with E-state index in [9.17, 15) is 9.18 Å². The van der Waals surface area contributed by atoms with Crippen LogP contribution in [0.4, 0.5) is 4.39 Å². The predicted molar refractivity (Wildman–Crippen MR) is 86.2 cm³/mol. The van der Waals surface area contributed by atoms with Crippen LogP contribution < -0.4 is 5.73 Å². The zero-order valence-corrected chi connectivity index (χ0v) is 13.1. The number of methoxy groups -OCH3 is 1. The number of nitrogens with zero attached hydrogens (tertiary/aromatic N) is 1. The van der Waals surface area contributed by atoms with Crippen molar-refractivity contribution in [2.24, 2.45) is 10.7 Å². The molecule has 0 radical (unpaired) electrons. The van der Waals surface area contributed by atoms with Crippen LogP contribution in [-0.2, 0) is 9.53 Å². The van der Waals surface area contributed by atoms with Gasteiger partial charge >= 0.3 is 5.97 Å². The van der Waals surface area contributed by atoms with Crippen molar-refractivity contribution >= 4 is 23.3 Å². The fourth-order valence-electron chi connectivity index (χ4n) is 1.70. The molecule has 6 heteroatoms. The lowest BCUT2D eigenvalue weighted by molar-refractivity contribution is -0.135. The first kappa shape index (κ1) is 17.7. The SMILES string of the molecule is C=C/C(C(=C)C(=O)OC)=C(N)/N=C(\C)c1ccc(Cl)cc1F. The summed E-state index contributed by atoms with van der Waals surface area (Å²) in [6.07, 6.45) is 1.34. The van der Waals surface area contributed by atoms with E-state index in [-0.39, 0.29) is 27.6 Å². The second-order valence-electron chi connectivity index (χ2n) is 4.29. The molecule has 0 aromatic heterocycles. The molecule has 1 aromatic carbocycles. The summed E-state index contributed by atoms with van der Waals surface area (Å²) < 4.78 is 18.4. The van der Waals surface area contributed by atoms with Crippen molar-refractivity contribution in [3.05, 3.63) is 70.8 Å². The topological polar surface area (TPSA) is 64.7 Å². The van der Waals surface area contributed by atoms with Gasteiger partial charge in [-0.05, 0) is 25.1 Å². The Morgan fingerprint density at radius 1 is 1.50 bits per heavy atom. The number of carbonyl (C=O) groups is 1. The maximum atomic E-state index is 13.8. The molecule has 0 spiro atoms. The third-order valence-corrected chi connectivity index (χ3v) is 3.08. The van der Waals surface area contributed by atoms with Gasteiger partial charge in [-0.3, -0.25) is 0 Å². The third kappa shape index (κ3) is 4.05. The fourth-order valence-corrected chi connectivity index (χ4v) is 1.86. The Labute approximate surface area is 133 Å². The minimum absolute atomic E-state index is 0.0164. The molecule has 0 aliphatic carbocycles. The summed E-state index contributed by atoms with van der Waals surface area (Å²) in [7, 11) is 1.22. The molecule has 0 bridgehead atoms. The summed E-state index contributed by atoms with van der Waals surface area (Å²) in [5.41, 5.74) is 6.66. The third-order valence-electron chi connectivity index (χ3n) is 2.85. The van der Waals surface area contributed by atoms with Gasteiger partial charge in [0.1, 0.15) is 11.6 Å². The summed E-state index contributed by atoms with van der Waals surface area (Å²) in [6, 6.07) is 4.21. The highest BCUT2D eigenvalue weighted by Crippen LogP contribution is 2.18. The van der Waals surface area contributed by atoms with E-state index >= 15 is 0 Å². The van der Waals surface area contributed by atoms with Crippen LogP contribution in [0.3, 0.4) is 0 Å². The summed E-state index contributed by atoms with van der Waals surface area (Å²) in [5, 5.41) is 0.281. The van der Waals surface area contributed by atoms with Gasteiger partial charge in [-0.15, -0.1) is 0 Å². The van der Waals surface area contributed by atoms with Crippen LogP contribution in [0.1, 0.15) is 12.5 Å². The smallest absolute Gasteiger partial charge is 0.337 e. The van der Waals surface area contributed by atoms with Crippen LogP contribution in [0.25, 0.3) is 0 Å². The van der Waals surface area contributed by atoms with Crippen molar-refractivity contribution < 1.29 is 13.9 Å². The molecule has 0 saturated heterocycles. The van der Waals surface area contributed by atoms with Crippen LogP contribution >= 0.6 is 11.6 Å². The molecule has 2 N–H and O–H groups in total. The Balaban J connectivity index is 3.27. The van der Waals surface area contributed by atoms with E-state index in [1.165, 1.54) is 25.3 Å². The average Bonchev–Trinajstić information content (AvgIpc) is 2.46. The lowest BCUT2D eigenvalue weighted by Gasteiger charge is -2.08. The van der Waals surface area contributed by atoms with E-state index in [0.717, 1.165) is 0 Å². The van der Waals surface area contributed by atoms with Crippen LogP contribution in [0.15, 0.2) is 59.4 Å². The molecule has 0 saturated carbocycles. The monoisotopic (exact) mass is 322 g/mol. The number of ether oxygens (including phenoxy) is 1. The molecular weight excluding hydrogens is 307 g/mol. The molecule has 116 valence electrons. The quantitative estimate of drug-likeness (QED) is 0.391. The number of allylic oxidation sites excluding steroid dienone is 1. The van der Waals surface area contributed by atoms with Gasteiger partial charge < -0.3 is 10.5 Å². The van der Waals surface area contributed by atoms with E-state index in [2.05, 4.69) is 22.9 Å². The van der Waals surface area contributed by atoms with Crippen molar-refractivity contribution in [3.8, 4) is 0 Å². The van der Waals surface area contributed by atoms with Gasteiger partial charge in [0, 0.05) is 21.9 Å². The second-order valence-corrected chi connectivity index (χ2v) is 4.73. The molecule has 0 fully saturated rings. The number of esters is 1. The molecule has 22 heavy (non-hydrogen) atoms. The van der Waals surface area contributed by atoms with E-state index in [1.54, 1.807) is 13.0 Å². The predicted octanol–water partition coefficient (Wildman–Crippen LogP) is 3.37. The van der Waals surface area contributed by atoms with E-state index in [0.29, 0.717) is 5.71 Å². The van der Waals surface area contributed by atoms with Crippen molar-refractivity contribution in [2.45, 2.75) is 6.92 Å². The zero-order valence-electron chi connectivity index (χ0n) is 12.3. The van der Waals surface area contributed by atoms with E-state index in [4.69, 9.17) is 17.3 Å². The fraction of sp³-hybridized carbons (Fsp3) is 0.125. The Bertz CT molecular complexity index is 693. The highest BCUT2D eigenvalue weighted by Gasteiger charge is 2.14. The van der Waals surface area contributed by atoms with Crippen LogP contribution in [-0.4, -0.2) is 18.8 Å². The minimum Gasteiger partial charge on any atom is -0.465 e. The number of carbonyl (C=O) groups excluding carboxylic acids is 1.